The highest BCUT2D eigenvalue weighted by atomic mass is 79.9. The average molecular weight is 397 g/mol. The molecule has 6 nitrogen and oxygen atoms in total. The van der Waals surface area contributed by atoms with Crippen LogP contribution in [0.2, 0.25) is 0 Å². The Bertz CT molecular complexity index is 598. The van der Waals surface area contributed by atoms with Crippen LogP contribution < -0.4 is 10.1 Å². The number of hydrogen-bond acceptors (Lipinski definition) is 3. The van der Waals surface area contributed by atoms with Crippen molar-refractivity contribution in [1.82, 2.24) is 15.1 Å². The standard InChI is InChI=1S/C17H25BrN4O2/c1-4-19-17(22-9-7-21(8-10-22)13(2)23)20-12-14-11-15(18)5-6-16(14)24-3/h5-6,11H,4,7-10,12H2,1-3H3,(H,19,20). The van der Waals surface area contributed by atoms with Gasteiger partial charge in [-0.25, -0.2) is 4.99 Å². The van der Waals surface area contributed by atoms with Crippen LogP contribution in [0.3, 0.4) is 0 Å². The number of piperazine rings is 1. The van der Waals surface area contributed by atoms with Crippen molar-refractivity contribution in [3.05, 3.63) is 28.2 Å². The molecule has 0 atom stereocenters. The van der Waals surface area contributed by atoms with Gasteiger partial charge in [-0.3, -0.25) is 4.79 Å². The minimum absolute atomic E-state index is 0.135. The van der Waals surface area contributed by atoms with Gasteiger partial charge < -0.3 is 19.9 Å². The lowest BCUT2D eigenvalue weighted by molar-refractivity contribution is -0.130. The summed E-state index contributed by atoms with van der Waals surface area (Å²) in [4.78, 5) is 20.3. The minimum Gasteiger partial charge on any atom is -0.496 e. The van der Waals surface area contributed by atoms with Crippen molar-refractivity contribution in [2.75, 3.05) is 39.8 Å². The van der Waals surface area contributed by atoms with Crippen LogP contribution in [-0.4, -0.2) is 61.5 Å². The van der Waals surface area contributed by atoms with E-state index in [1.165, 1.54) is 0 Å². The molecule has 0 spiro atoms. The van der Waals surface area contributed by atoms with E-state index in [0.29, 0.717) is 6.54 Å². The van der Waals surface area contributed by atoms with Crippen LogP contribution in [0.15, 0.2) is 27.7 Å². The lowest BCUT2D eigenvalue weighted by atomic mass is 10.2. The number of carbonyl (C=O) groups is 1. The first-order valence-electron chi connectivity index (χ1n) is 8.16. The van der Waals surface area contributed by atoms with E-state index in [1.807, 2.05) is 23.1 Å². The lowest BCUT2D eigenvalue weighted by Crippen LogP contribution is -2.53. The number of carbonyl (C=O) groups excluding carboxylic acids is 1. The predicted octanol–water partition coefficient (Wildman–Crippen LogP) is 2.09. The summed E-state index contributed by atoms with van der Waals surface area (Å²) in [7, 11) is 1.67. The number of guanidine groups is 1. The summed E-state index contributed by atoms with van der Waals surface area (Å²) in [5, 5.41) is 3.34. The largest absolute Gasteiger partial charge is 0.496 e. The molecule has 1 aliphatic heterocycles. The summed E-state index contributed by atoms with van der Waals surface area (Å²) in [5.74, 6) is 1.84. The van der Waals surface area contributed by atoms with Crippen LogP contribution in [0.25, 0.3) is 0 Å². The molecular weight excluding hydrogens is 372 g/mol. The van der Waals surface area contributed by atoms with Gasteiger partial charge in [-0.1, -0.05) is 15.9 Å². The quantitative estimate of drug-likeness (QED) is 0.625. The zero-order valence-electron chi connectivity index (χ0n) is 14.5. The number of aliphatic imine (C=N–C) groups is 1. The van der Waals surface area contributed by atoms with Gasteiger partial charge in [0, 0.05) is 49.7 Å². The van der Waals surface area contributed by atoms with E-state index in [9.17, 15) is 4.79 Å². The molecule has 1 saturated heterocycles. The van der Waals surface area contributed by atoms with Crippen molar-refractivity contribution >= 4 is 27.8 Å². The molecule has 1 amide bonds. The topological polar surface area (TPSA) is 57.2 Å². The molecule has 0 bridgehead atoms. The first-order chi connectivity index (χ1) is 11.5. The van der Waals surface area contributed by atoms with E-state index in [2.05, 4.69) is 33.1 Å². The number of methoxy groups -OCH3 is 1. The van der Waals surface area contributed by atoms with E-state index in [4.69, 9.17) is 9.73 Å². The Morgan fingerprint density at radius 3 is 2.54 bits per heavy atom. The third-order valence-corrected chi connectivity index (χ3v) is 4.49. The molecule has 1 aromatic rings. The second kappa shape index (κ2) is 8.92. The van der Waals surface area contributed by atoms with Crippen molar-refractivity contribution in [3.8, 4) is 5.75 Å². The number of hydrogen-bond donors (Lipinski definition) is 1. The number of nitrogens with zero attached hydrogens (tertiary/aromatic N) is 3. The maximum absolute atomic E-state index is 11.5. The second-order valence-corrected chi connectivity index (χ2v) is 6.54. The van der Waals surface area contributed by atoms with E-state index in [0.717, 1.165) is 54.5 Å². The minimum atomic E-state index is 0.135. The van der Waals surface area contributed by atoms with Gasteiger partial charge in [0.15, 0.2) is 5.96 Å². The molecule has 2 rings (SSSR count). The summed E-state index contributed by atoms with van der Waals surface area (Å²) in [6.45, 7) is 8.08. The van der Waals surface area contributed by atoms with E-state index < -0.39 is 0 Å². The maximum Gasteiger partial charge on any atom is 0.219 e. The highest BCUT2D eigenvalue weighted by Gasteiger charge is 2.20. The number of ether oxygens (including phenoxy) is 1. The summed E-state index contributed by atoms with van der Waals surface area (Å²) < 4.78 is 6.42. The Labute approximate surface area is 152 Å². The number of nitrogens with one attached hydrogen (secondary N) is 1. The van der Waals surface area contributed by atoms with Crippen molar-refractivity contribution in [1.29, 1.82) is 0 Å². The Morgan fingerprint density at radius 1 is 1.29 bits per heavy atom. The van der Waals surface area contributed by atoms with E-state index in [-0.39, 0.29) is 5.91 Å². The van der Waals surface area contributed by atoms with Crippen LogP contribution >= 0.6 is 15.9 Å². The van der Waals surface area contributed by atoms with Gasteiger partial charge in [-0.15, -0.1) is 0 Å². The normalized spacial score (nSPS) is 15.4. The number of amides is 1. The second-order valence-electron chi connectivity index (χ2n) is 5.62. The Kier molecular flexibility index (Phi) is 6.90. The zero-order chi connectivity index (χ0) is 17.5. The molecule has 1 N–H and O–H groups in total. The van der Waals surface area contributed by atoms with Crippen molar-refractivity contribution in [3.63, 3.8) is 0 Å². The SMILES string of the molecule is CCNC(=NCc1cc(Br)ccc1OC)N1CCN(C(C)=O)CC1. The Hall–Kier alpha value is -1.76. The number of benzene rings is 1. The molecule has 0 radical (unpaired) electrons. The maximum atomic E-state index is 11.5. The Balaban J connectivity index is 2.09. The first kappa shape index (κ1) is 18.6. The van der Waals surface area contributed by atoms with Gasteiger partial charge >= 0.3 is 0 Å². The molecule has 0 aliphatic carbocycles. The van der Waals surface area contributed by atoms with Gasteiger partial charge in [0.25, 0.3) is 0 Å². The molecule has 7 heteroatoms. The van der Waals surface area contributed by atoms with Crippen LogP contribution in [0.1, 0.15) is 19.4 Å². The average Bonchev–Trinajstić information content (AvgIpc) is 2.59. The molecule has 24 heavy (non-hydrogen) atoms. The van der Waals surface area contributed by atoms with Gasteiger partial charge in [0.05, 0.1) is 13.7 Å². The monoisotopic (exact) mass is 396 g/mol. The molecular formula is C17H25BrN4O2. The van der Waals surface area contributed by atoms with E-state index >= 15 is 0 Å². The molecule has 1 aromatic carbocycles. The third kappa shape index (κ3) is 4.87. The van der Waals surface area contributed by atoms with Crippen molar-refractivity contribution < 1.29 is 9.53 Å². The van der Waals surface area contributed by atoms with Crippen LogP contribution in [0.4, 0.5) is 0 Å². The van der Waals surface area contributed by atoms with Gasteiger partial charge in [-0.2, -0.15) is 0 Å². The third-order valence-electron chi connectivity index (χ3n) is 4.00. The molecule has 1 heterocycles. The molecule has 0 saturated carbocycles. The molecule has 0 aromatic heterocycles. The van der Waals surface area contributed by atoms with Gasteiger partial charge in [0.2, 0.25) is 5.91 Å². The fourth-order valence-corrected chi connectivity index (χ4v) is 3.10. The molecule has 1 fully saturated rings. The van der Waals surface area contributed by atoms with Crippen molar-refractivity contribution in [2.45, 2.75) is 20.4 Å². The van der Waals surface area contributed by atoms with Crippen molar-refractivity contribution in [2.24, 2.45) is 4.99 Å². The fourth-order valence-electron chi connectivity index (χ4n) is 2.69. The molecule has 1 aliphatic rings. The highest BCUT2D eigenvalue weighted by Crippen LogP contribution is 2.23. The van der Waals surface area contributed by atoms with E-state index in [1.54, 1.807) is 14.0 Å². The summed E-state index contributed by atoms with van der Waals surface area (Å²) in [6, 6.07) is 5.92. The van der Waals surface area contributed by atoms with Crippen LogP contribution in [0.5, 0.6) is 5.75 Å². The van der Waals surface area contributed by atoms with Crippen LogP contribution in [-0.2, 0) is 11.3 Å². The molecule has 0 unspecified atom stereocenters. The lowest BCUT2D eigenvalue weighted by Gasteiger charge is -2.36. The smallest absolute Gasteiger partial charge is 0.219 e. The summed E-state index contributed by atoms with van der Waals surface area (Å²) in [5.41, 5.74) is 1.03. The van der Waals surface area contributed by atoms with Gasteiger partial charge in [-0.05, 0) is 25.1 Å². The Morgan fingerprint density at radius 2 is 1.96 bits per heavy atom. The van der Waals surface area contributed by atoms with Crippen LogP contribution in [0, 0.1) is 0 Å². The predicted molar refractivity (Wildman–Crippen MR) is 99.3 cm³/mol. The summed E-state index contributed by atoms with van der Waals surface area (Å²) in [6.07, 6.45) is 0. The summed E-state index contributed by atoms with van der Waals surface area (Å²) >= 11 is 3.49. The number of halogens is 1. The van der Waals surface area contributed by atoms with Gasteiger partial charge in [0.1, 0.15) is 5.75 Å². The zero-order valence-corrected chi connectivity index (χ0v) is 16.1. The fraction of sp³-hybridized carbons (Fsp3) is 0.529. The number of rotatable bonds is 4. The molecule has 132 valence electrons. The highest BCUT2D eigenvalue weighted by molar-refractivity contribution is 9.10. The first-order valence-corrected chi connectivity index (χ1v) is 8.95.